The summed E-state index contributed by atoms with van der Waals surface area (Å²) in [6.07, 6.45) is 2.72. The predicted octanol–water partition coefficient (Wildman–Crippen LogP) is -1.28. The van der Waals surface area contributed by atoms with Gasteiger partial charge in [0.25, 0.3) is 0 Å². The normalized spacial score (nSPS) is 18.9. The highest BCUT2D eigenvalue weighted by Gasteiger charge is 2.23. The summed E-state index contributed by atoms with van der Waals surface area (Å²) in [5.41, 5.74) is 4.79. The Morgan fingerprint density at radius 2 is 1.93 bits per heavy atom. The standard InChI is InChI=1S/C7H15N3O4S/c8-7(11)6-14-9-15(12,13)10-4-2-1-3-5-10/h9H,1-6H2,(H2,8,11). The number of carbonyl (C=O) groups is 1. The molecule has 1 saturated heterocycles. The topological polar surface area (TPSA) is 102 Å². The second-order valence-corrected chi connectivity index (χ2v) is 4.94. The summed E-state index contributed by atoms with van der Waals surface area (Å²) < 4.78 is 24.3. The lowest BCUT2D eigenvalue weighted by atomic mass is 10.2. The minimum absolute atomic E-state index is 0.465. The molecule has 0 radical (unpaired) electrons. The Kier molecular flexibility index (Phi) is 4.45. The van der Waals surface area contributed by atoms with Crippen LogP contribution in [-0.4, -0.2) is 38.3 Å². The van der Waals surface area contributed by atoms with Crippen molar-refractivity contribution in [3.8, 4) is 0 Å². The molecule has 1 heterocycles. The molecule has 1 amide bonds. The average Bonchev–Trinajstić information content (AvgIpc) is 2.18. The van der Waals surface area contributed by atoms with Crippen LogP contribution >= 0.6 is 0 Å². The molecule has 0 aromatic heterocycles. The van der Waals surface area contributed by atoms with Gasteiger partial charge in [-0.25, -0.2) is 0 Å². The quantitative estimate of drug-likeness (QED) is 0.582. The first-order valence-electron chi connectivity index (χ1n) is 4.69. The number of rotatable bonds is 5. The van der Waals surface area contributed by atoms with Crippen LogP contribution in [0, 0.1) is 0 Å². The maximum absolute atomic E-state index is 11.5. The van der Waals surface area contributed by atoms with Gasteiger partial charge in [-0.3, -0.25) is 9.63 Å². The molecule has 0 unspecified atom stereocenters. The van der Waals surface area contributed by atoms with E-state index in [-0.39, 0.29) is 0 Å². The van der Waals surface area contributed by atoms with Gasteiger partial charge in [0.05, 0.1) is 0 Å². The third-order valence-corrected chi connectivity index (χ3v) is 3.41. The van der Waals surface area contributed by atoms with Crippen LogP contribution in [0.1, 0.15) is 19.3 Å². The molecule has 0 aromatic carbocycles. The molecule has 0 atom stereocenters. The summed E-state index contributed by atoms with van der Waals surface area (Å²) in [5, 5.41) is 0. The summed E-state index contributed by atoms with van der Waals surface area (Å²) in [5.74, 6) is -0.726. The maximum atomic E-state index is 11.5. The highest BCUT2D eigenvalue weighted by molar-refractivity contribution is 7.87. The van der Waals surface area contributed by atoms with E-state index in [2.05, 4.69) is 4.84 Å². The van der Waals surface area contributed by atoms with Gasteiger partial charge in [0, 0.05) is 13.1 Å². The second kappa shape index (κ2) is 5.40. The predicted molar refractivity (Wildman–Crippen MR) is 52.6 cm³/mol. The Hall–Kier alpha value is -0.700. The van der Waals surface area contributed by atoms with Gasteiger partial charge in [-0.1, -0.05) is 11.3 Å². The van der Waals surface area contributed by atoms with Gasteiger partial charge in [0.2, 0.25) is 5.91 Å². The molecule has 1 fully saturated rings. The second-order valence-electron chi connectivity index (χ2n) is 3.30. The zero-order valence-electron chi connectivity index (χ0n) is 8.31. The van der Waals surface area contributed by atoms with Gasteiger partial charge in [-0.05, 0) is 12.8 Å². The van der Waals surface area contributed by atoms with Crippen LogP contribution in [0.15, 0.2) is 0 Å². The summed E-state index contributed by atoms with van der Waals surface area (Å²) in [4.78, 5) is 16.6. The van der Waals surface area contributed by atoms with Gasteiger partial charge < -0.3 is 5.73 Å². The van der Waals surface area contributed by atoms with Crippen molar-refractivity contribution in [3.63, 3.8) is 0 Å². The molecule has 1 aliphatic rings. The van der Waals surface area contributed by atoms with Crippen LogP contribution in [0.4, 0.5) is 0 Å². The van der Waals surface area contributed by atoms with Gasteiger partial charge in [0.15, 0.2) is 0 Å². The fraction of sp³-hybridized carbons (Fsp3) is 0.857. The summed E-state index contributed by atoms with van der Waals surface area (Å²) in [6.45, 7) is 0.498. The van der Waals surface area contributed by atoms with Crippen LogP contribution in [0.2, 0.25) is 0 Å². The van der Waals surface area contributed by atoms with Crippen molar-refractivity contribution in [2.45, 2.75) is 19.3 Å². The molecular weight excluding hydrogens is 222 g/mol. The summed E-state index contributed by atoms with van der Waals surface area (Å²) in [6, 6.07) is 0. The molecule has 1 rings (SSSR count). The van der Waals surface area contributed by atoms with E-state index in [4.69, 9.17) is 5.73 Å². The fourth-order valence-corrected chi connectivity index (χ4v) is 2.39. The van der Waals surface area contributed by atoms with Gasteiger partial charge >= 0.3 is 10.2 Å². The lowest BCUT2D eigenvalue weighted by molar-refractivity contribution is -0.123. The SMILES string of the molecule is NC(=O)CONS(=O)(=O)N1CCCCC1. The molecule has 0 spiro atoms. The Labute approximate surface area is 88.7 Å². The van der Waals surface area contributed by atoms with Crippen molar-refractivity contribution in [2.75, 3.05) is 19.7 Å². The van der Waals surface area contributed by atoms with Crippen molar-refractivity contribution in [3.05, 3.63) is 0 Å². The van der Waals surface area contributed by atoms with Gasteiger partial charge in [-0.15, -0.1) is 0 Å². The van der Waals surface area contributed by atoms with Crippen LogP contribution in [0.5, 0.6) is 0 Å². The first-order valence-corrected chi connectivity index (χ1v) is 6.13. The molecule has 8 heteroatoms. The van der Waals surface area contributed by atoms with Gasteiger partial charge in [0.1, 0.15) is 6.61 Å². The van der Waals surface area contributed by atoms with E-state index >= 15 is 0 Å². The van der Waals surface area contributed by atoms with Crippen LogP contribution in [0.3, 0.4) is 0 Å². The summed E-state index contributed by atoms with van der Waals surface area (Å²) in [7, 11) is -3.63. The lowest BCUT2D eigenvalue weighted by Crippen LogP contribution is -2.44. The van der Waals surface area contributed by atoms with E-state index < -0.39 is 22.7 Å². The minimum Gasteiger partial charge on any atom is -0.368 e. The number of hydrogen-bond acceptors (Lipinski definition) is 4. The van der Waals surface area contributed by atoms with Crippen molar-refractivity contribution >= 4 is 16.1 Å². The number of nitrogens with two attached hydrogens (primary N) is 1. The average molecular weight is 237 g/mol. The fourth-order valence-electron chi connectivity index (χ4n) is 1.33. The molecule has 88 valence electrons. The number of carbonyl (C=O) groups excluding carboxylic acids is 1. The smallest absolute Gasteiger partial charge is 0.301 e. The highest BCUT2D eigenvalue weighted by atomic mass is 32.2. The first-order chi connectivity index (χ1) is 7.02. The Morgan fingerprint density at radius 3 is 2.47 bits per heavy atom. The van der Waals surface area contributed by atoms with E-state index in [1.807, 2.05) is 4.89 Å². The van der Waals surface area contributed by atoms with Crippen molar-refractivity contribution in [1.29, 1.82) is 0 Å². The minimum atomic E-state index is -3.63. The maximum Gasteiger partial charge on any atom is 0.301 e. The van der Waals surface area contributed by atoms with E-state index in [1.165, 1.54) is 4.31 Å². The Bertz CT molecular complexity index is 310. The molecule has 0 aliphatic carbocycles. The monoisotopic (exact) mass is 237 g/mol. The summed E-state index contributed by atoms with van der Waals surface area (Å²) >= 11 is 0. The molecule has 15 heavy (non-hydrogen) atoms. The Morgan fingerprint density at radius 1 is 1.33 bits per heavy atom. The third-order valence-electron chi connectivity index (χ3n) is 2.03. The van der Waals surface area contributed by atoms with Crippen molar-refractivity contribution in [2.24, 2.45) is 5.73 Å². The number of primary amides is 1. The highest BCUT2D eigenvalue weighted by Crippen LogP contribution is 2.11. The molecule has 7 nitrogen and oxygen atoms in total. The Balaban J connectivity index is 2.40. The molecule has 3 N–H and O–H groups in total. The number of piperidine rings is 1. The van der Waals surface area contributed by atoms with Crippen LogP contribution in [0.25, 0.3) is 0 Å². The molecular formula is C7H15N3O4S. The molecule has 0 bridgehead atoms. The zero-order chi connectivity index (χ0) is 11.3. The molecule has 1 aliphatic heterocycles. The van der Waals surface area contributed by atoms with Gasteiger partial charge in [-0.2, -0.15) is 12.7 Å². The molecule has 0 aromatic rings. The van der Waals surface area contributed by atoms with Crippen LogP contribution < -0.4 is 10.6 Å². The van der Waals surface area contributed by atoms with Crippen molar-refractivity contribution < 1.29 is 18.0 Å². The first kappa shape index (κ1) is 12.4. The largest absolute Gasteiger partial charge is 0.368 e. The number of nitrogens with zero attached hydrogens (tertiary/aromatic N) is 1. The van der Waals surface area contributed by atoms with Crippen molar-refractivity contribution in [1.82, 2.24) is 9.19 Å². The zero-order valence-corrected chi connectivity index (χ0v) is 9.12. The number of hydrogen-bond donors (Lipinski definition) is 2. The van der Waals surface area contributed by atoms with E-state index in [0.29, 0.717) is 13.1 Å². The van der Waals surface area contributed by atoms with E-state index in [9.17, 15) is 13.2 Å². The lowest BCUT2D eigenvalue weighted by Gasteiger charge is -2.25. The molecule has 0 saturated carbocycles. The van der Waals surface area contributed by atoms with Crippen LogP contribution in [-0.2, 0) is 19.8 Å². The number of amides is 1. The van der Waals surface area contributed by atoms with E-state index in [0.717, 1.165) is 19.3 Å². The number of nitrogens with one attached hydrogen (secondary N) is 1. The third kappa shape index (κ3) is 4.12. The van der Waals surface area contributed by atoms with E-state index in [1.54, 1.807) is 0 Å².